The van der Waals surface area contributed by atoms with Crippen molar-refractivity contribution in [2.75, 3.05) is 13.2 Å². The molecule has 0 aliphatic heterocycles. The molecule has 2 rings (SSSR count). The number of benzene rings is 1. The van der Waals surface area contributed by atoms with Crippen LogP contribution in [0, 0.1) is 0 Å². The number of hydrogen-bond acceptors (Lipinski definition) is 3. The average Bonchev–Trinajstić information content (AvgIpc) is 2.91. The van der Waals surface area contributed by atoms with E-state index in [1.807, 2.05) is 12.1 Å². The summed E-state index contributed by atoms with van der Waals surface area (Å²) in [5.74, 6) is 0.901. The Morgan fingerprint density at radius 3 is 2.72 bits per heavy atom. The van der Waals surface area contributed by atoms with Crippen LogP contribution in [0.4, 0.5) is 0 Å². The maximum absolute atomic E-state index is 11.1. The largest absolute Gasteiger partial charge is 0.482 e. The van der Waals surface area contributed by atoms with E-state index in [0.717, 1.165) is 6.42 Å². The van der Waals surface area contributed by atoms with Crippen molar-refractivity contribution in [1.82, 2.24) is 0 Å². The highest BCUT2D eigenvalue weighted by molar-refractivity contribution is 5.71. The minimum Gasteiger partial charge on any atom is -0.482 e. The average molecular weight is 246 g/mol. The van der Waals surface area contributed by atoms with Gasteiger partial charge in [-0.25, -0.2) is 4.79 Å². The molecule has 1 unspecified atom stereocenters. The minimum atomic E-state index is -0.333. The first-order valence-electron chi connectivity index (χ1n) is 6.34. The van der Waals surface area contributed by atoms with Gasteiger partial charge in [0.15, 0.2) is 6.61 Å². The molecule has 0 bridgehead atoms. The Bertz CT molecular complexity index is 420. The van der Waals surface area contributed by atoms with Gasteiger partial charge in [0.25, 0.3) is 0 Å². The van der Waals surface area contributed by atoms with Crippen molar-refractivity contribution < 1.29 is 14.3 Å². The molecule has 0 fully saturated rings. The van der Waals surface area contributed by atoms with Gasteiger partial charge in [0.1, 0.15) is 5.75 Å². The third-order valence-corrected chi connectivity index (χ3v) is 2.98. The zero-order chi connectivity index (χ0) is 12.8. The van der Waals surface area contributed by atoms with Crippen molar-refractivity contribution in [3.8, 4) is 5.75 Å². The molecule has 18 heavy (non-hydrogen) atoms. The van der Waals surface area contributed by atoms with Gasteiger partial charge in [-0.3, -0.25) is 0 Å². The minimum absolute atomic E-state index is 0.0312. The van der Waals surface area contributed by atoms with Crippen LogP contribution in [0.15, 0.2) is 36.4 Å². The van der Waals surface area contributed by atoms with Gasteiger partial charge in [-0.2, -0.15) is 0 Å². The van der Waals surface area contributed by atoms with E-state index in [2.05, 4.69) is 24.3 Å². The Balaban J connectivity index is 1.87. The Kier molecular flexibility index (Phi) is 4.40. The number of carbonyl (C=O) groups excluding carboxylic acids is 1. The number of esters is 1. The predicted molar refractivity (Wildman–Crippen MR) is 69.7 cm³/mol. The third-order valence-electron chi connectivity index (χ3n) is 2.98. The topological polar surface area (TPSA) is 35.5 Å². The summed E-state index contributed by atoms with van der Waals surface area (Å²) in [6, 6.07) is 7.92. The van der Waals surface area contributed by atoms with Crippen LogP contribution in [-0.4, -0.2) is 19.2 Å². The number of rotatable bonds is 5. The zero-order valence-corrected chi connectivity index (χ0v) is 10.6. The van der Waals surface area contributed by atoms with Crippen LogP contribution in [0.1, 0.15) is 31.2 Å². The molecule has 1 aliphatic carbocycles. The van der Waals surface area contributed by atoms with Crippen LogP contribution >= 0.6 is 0 Å². The van der Waals surface area contributed by atoms with Gasteiger partial charge in [0.05, 0.1) is 6.61 Å². The van der Waals surface area contributed by atoms with E-state index in [4.69, 9.17) is 9.47 Å². The van der Waals surface area contributed by atoms with Crippen LogP contribution in [-0.2, 0) is 9.53 Å². The van der Waals surface area contributed by atoms with Crippen molar-refractivity contribution in [2.24, 2.45) is 0 Å². The summed E-state index contributed by atoms with van der Waals surface area (Å²) in [5.41, 5.74) is 1.30. The number of ether oxygens (including phenoxy) is 2. The molecule has 0 aromatic heterocycles. The molecule has 1 aromatic rings. The molecule has 1 aromatic carbocycles. The normalized spacial score (nSPS) is 17.7. The van der Waals surface area contributed by atoms with Crippen molar-refractivity contribution in [1.29, 1.82) is 0 Å². The fourth-order valence-electron chi connectivity index (χ4n) is 2.07. The van der Waals surface area contributed by atoms with Gasteiger partial charge in [-0.05, 0) is 37.5 Å². The smallest absolute Gasteiger partial charge is 0.344 e. The lowest BCUT2D eigenvalue weighted by atomic mass is 9.99. The molecule has 0 saturated carbocycles. The number of allylic oxidation sites excluding steroid dienone is 2. The fourth-order valence-corrected chi connectivity index (χ4v) is 2.07. The Morgan fingerprint density at radius 1 is 1.33 bits per heavy atom. The molecule has 0 N–H and O–H groups in total. The molecule has 0 saturated heterocycles. The molecule has 96 valence electrons. The highest BCUT2D eigenvalue weighted by atomic mass is 16.6. The fraction of sp³-hybridized carbons (Fsp3) is 0.400. The SMILES string of the molecule is CCOC(=O)COc1ccc(C2C=CCC2)cc1. The molecule has 0 heterocycles. The monoisotopic (exact) mass is 246 g/mol. The van der Waals surface area contributed by atoms with Gasteiger partial charge in [0, 0.05) is 5.92 Å². The summed E-state index contributed by atoms with van der Waals surface area (Å²) in [7, 11) is 0. The Hall–Kier alpha value is -1.77. The van der Waals surface area contributed by atoms with E-state index < -0.39 is 0 Å². The molecule has 0 radical (unpaired) electrons. The summed E-state index contributed by atoms with van der Waals surface area (Å²) in [5, 5.41) is 0. The summed E-state index contributed by atoms with van der Waals surface area (Å²) in [6.45, 7) is 2.13. The van der Waals surface area contributed by atoms with Crippen LogP contribution in [0.5, 0.6) is 5.75 Å². The van der Waals surface area contributed by atoms with E-state index >= 15 is 0 Å². The maximum Gasteiger partial charge on any atom is 0.344 e. The highest BCUT2D eigenvalue weighted by Crippen LogP contribution is 2.29. The lowest BCUT2D eigenvalue weighted by molar-refractivity contribution is -0.145. The molecule has 1 atom stereocenters. The van der Waals surface area contributed by atoms with Gasteiger partial charge in [0.2, 0.25) is 0 Å². The van der Waals surface area contributed by atoms with Crippen LogP contribution in [0.25, 0.3) is 0 Å². The molecule has 3 nitrogen and oxygen atoms in total. The van der Waals surface area contributed by atoms with Crippen molar-refractivity contribution in [3.63, 3.8) is 0 Å². The first-order valence-corrected chi connectivity index (χ1v) is 6.34. The molecule has 1 aliphatic rings. The zero-order valence-electron chi connectivity index (χ0n) is 10.6. The number of carbonyl (C=O) groups is 1. The molecular weight excluding hydrogens is 228 g/mol. The van der Waals surface area contributed by atoms with E-state index in [-0.39, 0.29) is 12.6 Å². The summed E-state index contributed by atoms with van der Waals surface area (Å²) in [6.07, 6.45) is 6.80. The third kappa shape index (κ3) is 3.36. The van der Waals surface area contributed by atoms with Gasteiger partial charge in [-0.1, -0.05) is 24.3 Å². The summed E-state index contributed by atoms with van der Waals surface area (Å²) in [4.78, 5) is 11.1. The van der Waals surface area contributed by atoms with E-state index in [0.29, 0.717) is 18.3 Å². The van der Waals surface area contributed by atoms with Crippen molar-refractivity contribution in [3.05, 3.63) is 42.0 Å². The summed E-state index contributed by atoms with van der Waals surface area (Å²) < 4.78 is 10.1. The van der Waals surface area contributed by atoms with Crippen LogP contribution < -0.4 is 4.74 Å². The van der Waals surface area contributed by atoms with Gasteiger partial charge >= 0.3 is 5.97 Å². The number of hydrogen-bond donors (Lipinski definition) is 0. The predicted octanol–water partition coefficient (Wildman–Crippen LogP) is 3.06. The quantitative estimate of drug-likeness (QED) is 0.591. The highest BCUT2D eigenvalue weighted by Gasteiger charge is 2.11. The molecular formula is C15H18O3. The lowest BCUT2D eigenvalue weighted by Gasteiger charge is -2.10. The first-order chi connectivity index (χ1) is 8.79. The Morgan fingerprint density at radius 2 is 2.11 bits per heavy atom. The van der Waals surface area contributed by atoms with E-state index in [1.54, 1.807) is 6.92 Å². The molecule has 0 spiro atoms. The standard InChI is InChI=1S/C15H18O3/c1-2-17-15(16)11-18-14-9-7-13(8-10-14)12-5-3-4-6-12/h3,5,7-10,12H,2,4,6,11H2,1H3. The van der Waals surface area contributed by atoms with Gasteiger partial charge < -0.3 is 9.47 Å². The van der Waals surface area contributed by atoms with E-state index in [1.165, 1.54) is 12.0 Å². The van der Waals surface area contributed by atoms with Gasteiger partial charge in [-0.15, -0.1) is 0 Å². The van der Waals surface area contributed by atoms with Crippen molar-refractivity contribution >= 4 is 5.97 Å². The van der Waals surface area contributed by atoms with E-state index in [9.17, 15) is 4.79 Å². The van der Waals surface area contributed by atoms with Crippen LogP contribution in [0.2, 0.25) is 0 Å². The summed E-state index contributed by atoms with van der Waals surface area (Å²) >= 11 is 0. The maximum atomic E-state index is 11.1. The Labute approximate surface area is 107 Å². The van der Waals surface area contributed by atoms with Crippen molar-refractivity contribution in [2.45, 2.75) is 25.7 Å². The first kappa shape index (κ1) is 12.7. The lowest BCUT2D eigenvalue weighted by Crippen LogP contribution is -2.14. The molecule has 0 amide bonds. The second kappa shape index (κ2) is 6.24. The second-order valence-corrected chi connectivity index (χ2v) is 4.27. The molecule has 3 heteroatoms. The van der Waals surface area contributed by atoms with Crippen LogP contribution in [0.3, 0.4) is 0 Å². The second-order valence-electron chi connectivity index (χ2n) is 4.27.